The monoisotopic (exact) mass is 287 g/mol. The van der Waals surface area contributed by atoms with E-state index in [9.17, 15) is 4.79 Å². The Hall–Kier alpha value is -1.93. The van der Waals surface area contributed by atoms with E-state index < -0.39 is 5.97 Å². The van der Waals surface area contributed by atoms with E-state index in [4.69, 9.17) is 10.4 Å². The summed E-state index contributed by atoms with van der Waals surface area (Å²) < 4.78 is 0. The average molecular weight is 287 g/mol. The number of pyridine rings is 1. The predicted octanol–water partition coefficient (Wildman–Crippen LogP) is 2.28. The van der Waals surface area contributed by atoms with Crippen molar-refractivity contribution in [1.29, 1.82) is 5.26 Å². The lowest BCUT2D eigenvalue weighted by Gasteiger charge is -2.35. The molecule has 2 rings (SSSR count). The third-order valence-electron chi connectivity index (χ3n) is 4.19. The van der Waals surface area contributed by atoms with E-state index in [-0.39, 0.29) is 12.3 Å². The Morgan fingerprint density at radius 3 is 3.19 bits per heavy atom. The van der Waals surface area contributed by atoms with Crippen LogP contribution in [0.15, 0.2) is 18.3 Å². The molecule has 5 heteroatoms. The van der Waals surface area contributed by atoms with Gasteiger partial charge in [-0.25, -0.2) is 4.98 Å². The van der Waals surface area contributed by atoms with Crippen LogP contribution in [0.5, 0.6) is 0 Å². The third kappa shape index (κ3) is 4.54. The highest BCUT2D eigenvalue weighted by atomic mass is 16.4. The molecule has 1 saturated heterocycles. The number of aliphatic carboxylic acids is 1. The predicted molar refractivity (Wildman–Crippen MR) is 78.4 cm³/mol. The van der Waals surface area contributed by atoms with E-state index in [0.717, 1.165) is 38.0 Å². The summed E-state index contributed by atoms with van der Waals surface area (Å²) in [5.41, 5.74) is 1.54. The second-order valence-electron chi connectivity index (χ2n) is 5.87. The zero-order valence-electron chi connectivity index (χ0n) is 12.3. The van der Waals surface area contributed by atoms with Crippen molar-refractivity contribution in [3.05, 3.63) is 29.6 Å². The van der Waals surface area contributed by atoms with Crippen molar-refractivity contribution in [3.8, 4) is 6.07 Å². The number of hydrogen-bond donors (Lipinski definition) is 1. The maximum Gasteiger partial charge on any atom is 0.303 e. The first-order valence-electron chi connectivity index (χ1n) is 7.37. The molecule has 112 valence electrons. The van der Waals surface area contributed by atoms with E-state index in [1.165, 1.54) is 0 Å². The Morgan fingerprint density at radius 2 is 2.48 bits per heavy atom. The molecule has 1 fully saturated rings. The first kappa shape index (κ1) is 15.5. The Bertz CT molecular complexity index is 539. The largest absolute Gasteiger partial charge is 0.481 e. The number of carboxylic acids is 1. The summed E-state index contributed by atoms with van der Waals surface area (Å²) in [5.74, 6) is -0.0723. The van der Waals surface area contributed by atoms with Gasteiger partial charge in [-0.05, 0) is 48.9 Å². The van der Waals surface area contributed by atoms with Crippen LogP contribution in [-0.2, 0) is 11.3 Å². The van der Waals surface area contributed by atoms with Gasteiger partial charge in [-0.15, -0.1) is 0 Å². The van der Waals surface area contributed by atoms with Gasteiger partial charge in [0.1, 0.15) is 11.8 Å². The molecule has 1 aliphatic rings. The van der Waals surface area contributed by atoms with Crippen molar-refractivity contribution in [3.63, 3.8) is 0 Å². The van der Waals surface area contributed by atoms with Crippen LogP contribution < -0.4 is 0 Å². The molecule has 5 nitrogen and oxygen atoms in total. The number of nitriles is 1. The van der Waals surface area contributed by atoms with Gasteiger partial charge >= 0.3 is 5.97 Å². The fourth-order valence-electron chi connectivity index (χ4n) is 3.03. The Morgan fingerprint density at radius 1 is 1.67 bits per heavy atom. The molecular formula is C16H21N3O2. The van der Waals surface area contributed by atoms with Gasteiger partial charge in [0, 0.05) is 25.7 Å². The van der Waals surface area contributed by atoms with Gasteiger partial charge in [0.15, 0.2) is 0 Å². The van der Waals surface area contributed by atoms with Gasteiger partial charge in [0.25, 0.3) is 0 Å². The molecule has 0 radical (unpaired) electrons. The lowest BCUT2D eigenvalue weighted by molar-refractivity contribution is -0.138. The van der Waals surface area contributed by atoms with E-state index in [1.807, 2.05) is 19.1 Å². The number of piperidine rings is 1. The SMILES string of the molecule is CC(CC(=O)O)C1CCCN(Cc2ccnc(C#N)c2)C1. The number of carboxylic acid groups (broad SMARTS) is 1. The van der Waals surface area contributed by atoms with Crippen molar-refractivity contribution < 1.29 is 9.90 Å². The second-order valence-corrected chi connectivity index (χ2v) is 5.87. The first-order chi connectivity index (χ1) is 10.1. The van der Waals surface area contributed by atoms with Crippen LogP contribution in [0.3, 0.4) is 0 Å². The summed E-state index contributed by atoms with van der Waals surface area (Å²) in [6.45, 7) is 4.79. The van der Waals surface area contributed by atoms with E-state index in [2.05, 4.69) is 16.0 Å². The molecule has 0 spiro atoms. The molecule has 2 heterocycles. The smallest absolute Gasteiger partial charge is 0.303 e. The summed E-state index contributed by atoms with van der Waals surface area (Å²) in [5, 5.41) is 17.8. The van der Waals surface area contributed by atoms with Crippen molar-refractivity contribution in [2.24, 2.45) is 11.8 Å². The van der Waals surface area contributed by atoms with Crippen LogP contribution in [0.2, 0.25) is 0 Å². The number of rotatable bonds is 5. The van der Waals surface area contributed by atoms with Crippen molar-refractivity contribution in [2.75, 3.05) is 13.1 Å². The molecular weight excluding hydrogens is 266 g/mol. The minimum absolute atomic E-state index is 0.206. The highest BCUT2D eigenvalue weighted by Gasteiger charge is 2.25. The first-order valence-corrected chi connectivity index (χ1v) is 7.37. The molecule has 0 aliphatic carbocycles. The van der Waals surface area contributed by atoms with E-state index >= 15 is 0 Å². The maximum atomic E-state index is 10.8. The van der Waals surface area contributed by atoms with Gasteiger partial charge in [0.2, 0.25) is 0 Å². The Kier molecular flexibility index (Phi) is 5.29. The van der Waals surface area contributed by atoms with E-state index in [0.29, 0.717) is 11.6 Å². The summed E-state index contributed by atoms with van der Waals surface area (Å²) in [6.07, 6.45) is 4.12. The highest BCUT2D eigenvalue weighted by molar-refractivity contribution is 5.67. The number of likely N-dealkylation sites (tertiary alicyclic amines) is 1. The quantitative estimate of drug-likeness (QED) is 0.899. The number of nitrogens with zero attached hydrogens (tertiary/aromatic N) is 3. The van der Waals surface area contributed by atoms with Gasteiger partial charge in [0.05, 0.1) is 0 Å². The van der Waals surface area contributed by atoms with Crippen LogP contribution in [0, 0.1) is 23.2 Å². The molecule has 0 saturated carbocycles. The van der Waals surface area contributed by atoms with Crippen LogP contribution in [0.25, 0.3) is 0 Å². The molecule has 1 aliphatic heterocycles. The fraction of sp³-hybridized carbons (Fsp3) is 0.562. The molecule has 0 bridgehead atoms. The third-order valence-corrected chi connectivity index (χ3v) is 4.19. The van der Waals surface area contributed by atoms with Crippen LogP contribution in [0.1, 0.15) is 37.4 Å². The molecule has 2 atom stereocenters. The summed E-state index contributed by atoms with van der Waals surface area (Å²) >= 11 is 0. The molecule has 1 aromatic rings. The minimum atomic E-state index is -0.715. The lowest BCUT2D eigenvalue weighted by Crippen LogP contribution is -2.37. The van der Waals surface area contributed by atoms with Crippen LogP contribution in [0.4, 0.5) is 0 Å². The summed E-state index contributed by atoms with van der Waals surface area (Å²) in [4.78, 5) is 17.2. The molecule has 1 aromatic heterocycles. The maximum absolute atomic E-state index is 10.8. The van der Waals surface area contributed by atoms with Gasteiger partial charge in [-0.1, -0.05) is 6.92 Å². The Balaban J connectivity index is 1.94. The molecule has 0 amide bonds. The zero-order chi connectivity index (χ0) is 15.2. The standard InChI is InChI=1S/C16H21N3O2/c1-12(7-16(20)21)14-3-2-6-19(11-14)10-13-4-5-18-15(8-13)9-17/h4-5,8,12,14H,2-3,6-7,10-11H2,1H3,(H,20,21). The van der Waals surface area contributed by atoms with Crippen molar-refractivity contribution in [1.82, 2.24) is 9.88 Å². The minimum Gasteiger partial charge on any atom is -0.481 e. The van der Waals surface area contributed by atoms with Gasteiger partial charge in [-0.3, -0.25) is 9.69 Å². The summed E-state index contributed by atoms with van der Waals surface area (Å²) in [6, 6.07) is 5.82. The molecule has 2 unspecified atom stereocenters. The molecule has 21 heavy (non-hydrogen) atoms. The van der Waals surface area contributed by atoms with E-state index in [1.54, 1.807) is 6.20 Å². The van der Waals surface area contributed by atoms with Crippen LogP contribution in [-0.4, -0.2) is 34.0 Å². The van der Waals surface area contributed by atoms with Gasteiger partial charge in [-0.2, -0.15) is 5.26 Å². The lowest BCUT2D eigenvalue weighted by atomic mass is 9.84. The topological polar surface area (TPSA) is 77.2 Å². The van der Waals surface area contributed by atoms with Gasteiger partial charge < -0.3 is 5.11 Å². The number of aromatic nitrogens is 1. The highest BCUT2D eigenvalue weighted by Crippen LogP contribution is 2.27. The molecule has 0 aromatic carbocycles. The van der Waals surface area contributed by atoms with Crippen molar-refractivity contribution in [2.45, 2.75) is 32.7 Å². The fourth-order valence-corrected chi connectivity index (χ4v) is 3.03. The number of carbonyl (C=O) groups is 1. The Labute approximate surface area is 125 Å². The molecule has 1 N–H and O–H groups in total. The second kappa shape index (κ2) is 7.19. The normalized spacial score (nSPS) is 20.7. The summed E-state index contributed by atoms with van der Waals surface area (Å²) in [7, 11) is 0. The average Bonchev–Trinajstić information content (AvgIpc) is 2.47. The van der Waals surface area contributed by atoms with Crippen molar-refractivity contribution >= 4 is 5.97 Å². The number of hydrogen-bond acceptors (Lipinski definition) is 4. The zero-order valence-corrected chi connectivity index (χ0v) is 12.3. The van der Waals surface area contributed by atoms with Crippen LogP contribution >= 0.6 is 0 Å².